The van der Waals surface area contributed by atoms with Gasteiger partial charge in [0, 0.05) is 6.20 Å². The number of thioether (sulfide) groups is 1. The zero-order valence-electron chi connectivity index (χ0n) is 16.5. The Hall–Kier alpha value is -1.58. The molecule has 0 aliphatic carbocycles. The van der Waals surface area contributed by atoms with Crippen LogP contribution in [-0.2, 0) is 0 Å². The number of nitrogens with zero attached hydrogens (tertiary/aromatic N) is 4. The third-order valence-electron chi connectivity index (χ3n) is 4.10. The van der Waals surface area contributed by atoms with Crippen molar-refractivity contribution in [3.8, 4) is 0 Å². The second-order valence-corrected chi connectivity index (χ2v) is 9.71. The lowest BCUT2D eigenvalue weighted by atomic mass is 10.0. The highest BCUT2D eigenvalue weighted by Gasteiger charge is 2.19. The van der Waals surface area contributed by atoms with Crippen LogP contribution in [0.2, 0.25) is 0 Å². The van der Waals surface area contributed by atoms with Crippen molar-refractivity contribution >= 4 is 53.4 Å². The molecule has 3 unspecified atom stereocenters. The fourth-order valence-electron chi connectivity index (χ4n) is 2.83. The minimum atomic E-state index is -0.440. The average molecular weight is 453 g/mol. The highest BCUT2D eigenvalue weighted by molar-refractivity contribution is 7.99. The molecule has 0 aliphatic rings. The zero-order valence-corrected chi connectivity index (χ0v) is 19.1. The predicted octanol–water partition coefficient (Wildman–Crippen LogP) is 4.07. The maximum atomic E-state index is 9.79. The summed E-state index contributed by atoms with van der Waals surface area (Å²) < 4.78 is 0.794. The summed E-state index contributed by atoms with van der Waals surface area (Å²) in [5.74, 6) is 1.08. The normalized spacial score (nSPS) is 14.0. The molecular weight excluding hydrogens is 427 g/mol. The Morgan fingerprint density at radius 2 is 2.03 bits per heavy atom. The molecule has 3 atom stereocenters. The Balaban J connectivity index is 1.93. The van der Waals surface area contributed by atoms with Gasteiger partial charge < -0.3 is 20.4 Å². The Labute approximate surface area is 179 Å². The molecule has 8 nitrogen and oxygen atoms in total. The van der Waals surface area contributed by atoms with Gasteiger partial charge >= 0.3 is 0 Å². The fourth-order valence-corrected chi connectivity index (χ4v) is 4.89. The van der Waals surface area contributed by atoms with Crippen molar-refractivity contribution < 1.29 is 10.00 Å². The summed E-state index contributed by atoms with van der Waals surface area (Å²) in [6.07, 6.45) is 2.59. The van der Waals surface area contributed by atoms with E-state index < -0.39 is 8.96 Å². The van der Waals surface area contributed by atoms with Crippen molar-refractivity contribution in [2.45, 2.75) is 43.6 Å². The number of nitrogens with one attached hydrogen (secondary N) is 2. The van der Waals surface area contributed by atoms with Gasteiger partial charge in [-0.25, -0.2) is 9.97 Å². The summed E-state index contributed by atoms with van der Waals surface area (Å²) in [5, 5.41) is 17.2. The quantitative estimate of drug-likeness (QED) is 0.205. The van der Waals surface area contributed by atoms with E-state index in [2.05, 4.69) is 46.1 Å². The van der Waals surface area contributed by atoms with Crippen LogP contribution in [0.15, 0.2) is 29.6 Å². The largest absolute Gasteiger partial charge is 0.394 e. The van der Waals surface area contributed by atoms with Crippen LogP contribution in [0.3, 0.4) is 0 Å². The van der Waals surface area contributed by atoms with Crippen molar-refractivity contribution in [2.75, 3.05) is 17.0 Å². The van der Waals surface area contributed by atoms with Gasteiger partial charge in [-0.2, -0.15) is 4.98 Å². The van der Waals surface area contributed by atoms with E-state index >= 15 is 0 Å². The molecule has 3 heterocycles. The first kappa shape index (κ1) is 22.1. The van der Waals surface area contributed by atoms with Gasteiger partial charge in [-0.1, -0.05) is 43.0 Å². The number of thiazole rings is 1. The molecule has 29 heavy (non-hydrogen) atoms. The van der Waals surface area contributed by atoms with Crippen LogP contribution >= 0.6 is 32.1 Å². The Morgan fingerprint density at radius 3 is 2.69 bits per heavy atom. The number of aliphatic hydroxyl groups excluding tert-OH is 1. The van der Waals surface area contributed by atoms with Gasteiger partial charge in [-0.15, -0.1) is 0 Å². The van der Waals surface area contributed by atoms with E-state index in [0.29, 0.717) is 27.7 Å². The van der Waals surface area contributed by atoms with E-state index in [1.165, 1.54) is 23.1 Å². The number of hydrogen-bond acceptors (Lipinski definition) is 10. The molecular formula is C18H25N6O2PS2. The van der Waals surface area contributed by atoms with Crippen molar-refractivity contribution in [3.63, 3.8) is 0 Å². The van der Waals surface area contributed by atoms with Crippen LogP contribution in [0, 0.1) is 5.92 Å². The summed E-state index contributed by atoms with van der Waals surface area (Å²) >= 11 is 2.88. The number of hydrogen-bond donors (Lipinski definition) is 4. The molecule has 0 saturated heterocycles. The average Bonchev–Trinajstić information content (AvgIpc) is 3.10. The molecule has 0 amide bonds. The van der Waals surface area contributed by atoms with Crippen molar-refractivity contribution in [1.29, 1.82) is 0 Å². The smallest absolute Gasteiger partial charge is 0.192 e. The van der Waals surface area contributed by atoms with Crippen molar-refractivity contribution in [1.82, 2.24) is 19.9 Å². The first-order valence-corrected chi connectivity index (χ1v) is 11.9. The maximum absolute atomic E-state index is 9.79. The lowest BCUT2D eigenvalue weighted by molar-refractivity contribution is 0.259. The van der Waals surface area contributed by atoms with Gasteiger partial charge in [-0.3, -0.25) is 4.98 Å². The first-order chi connectivity index (χ1) is 14.0. The van der Waals surface area contributed by atoms with Gasteiger partial charge in [0.25, 0.3) is 0 Å². The van der Waals surface area contributed by atoms with Gasteiger partial charge in [0.15, 0.2) is 21.8 Å². The third-order valence-corrected chi connectivity index (χ3v) is 6.58. The molecule has 0 spiro atoms. The summed E-state index contributed by atoms with van der Waals surface area (Å²) in [5.41, 5.74) is 1.51. The second kappa shape index (κ2) is 10.4. The number of aromatic nitrogens is 4. The number of fused-ring (bicyclic) bond motifs is 1. The molecule has 0 aromatic carbocycles. The Bertz CT molecular complexity index is 927. The predicted molar refractivity (Wildman–Crippen MR) is 122 cm³/mol. The number of aliphatic hydroxyl groups is 1. The van der Waals surface area contributed by atoms with Crippen LogP contribution in [-0.4, -0.2) is 42.6 Å². The first-order valence-electron chi connectivity index (χ1n) is 9.28. The lowest BCUT2D eigenvalue weighted by Crippen LogP contribution is -2.26. The highest BCUT2D eigenvalue weighted by Crippen LogP contribution is 2.37. The molecule has 0 bridgehead atoms. The third kappa shape index (κ3) is 5.96. The SMILES string of the molecule is CC(C)CC(CO)Nc1nc(SC(C)c2ccccn2)nc2nc(NPO)sc12. The van der Waals surface area contributed by atoms with Gasteiger partial charge in [-0.05, 0) is 31.4 Å². The fraction of sp³-hybridized carbons (Fsp3) is 0.444. The minimum absolute atomic E-state index is 0.0123. The van der Waals surface area contributed by atoms with E-state index in [1.807, 2.05) is 18.2 Å². The Kier molecular flexibility index (Phi) is 7.97. The molecule has 3 aromatic heterocycles. The number of rotatable bonds is 10. The molecule has 156 valence electrons. The van der Waals surface area contributed by atoms with Crippen molar-refractivity contribution in [3.05, 3.63) is 30.1 Å². The molecule has 3 rings (SSSR count). The van der Waals surface area contributed by atoms with E-state index in [4.69, 9.17) is 4.98 Å². The molecule has 3 aromatic rings. The molecule has 0 radical (unpaired) electrons. The van der Waals surface area contributed by atoms with E-state index in [0.717, 1.165) is 16.8 Å². The number of pyridine rings is 1. The van der Waals surface area contributed by atoms with Gasteiger partial charge in [0.1, 0.15) is 13.7 Å². The zero-order chi connectivity index (χ0) is 20.8. The van der Waals surface area contributed by atoms with Gasteiger partial charge in [0.2, 0.25) is 0 Å². The summed E-state index contributed by atoms with van der Waals surface area (Å²) in [4.78, 5) is 27.4. The lowest BCUT2D eigenvalue weighted by Gasteiger charge is -2.19. The summed E-state index contributed by atoms with van der Waals surface area (Å²) in [6, 6.07) is 5.72. The highest BCUT2D eigenvalue weighted by atomic mass is 32.2. The van der Waals surface area contributed by atoms with Crippen LogP contribution in [0.25, 0.3) is 10.3 Å². The minimum Gasteiger partial charge on any atom is -0.394 e. The molecule has 0 fully saturated rings. The molecule has 0 aliphatic heterocycles. The maximum Gasteiger partial charge on any atom is 0.192 e. The monoisotopic (exact) mass is 452 g/mol. The second-order valence-electron chi connectivity index (χ2n) is 6.93. The van der Waals surface area contributed by atoms with Crippen molar-refractivity contribution in [2.24, 2.45) is 5.92 Å². The van der Waals surface area contributed by atoms with E-state index in [9.17, 15) is 10.00 Å². The van der Waals surface area contributed by atoms with Crippen LogP contribution < -0.4 is 10.4 Å². The Morgan fingerprint density at radius 1 is 1.21 bits per heavy atom. The van der Waals surface area contributed by atoms with Gasteiger partial charge in [0.05, 0.1) is 23.6 Å². The van der Waals surface area contributed by atoms with Crippen LogP contribution in [0.4, 0.5) is 10.9 Å². The summed E-state index contributed by atoms with van der Waals surface area (Å²) in [6.45, 7) is 6.31. The molecule has 11 heteroatoms. The summed E-state index contributed by atoms with van der Waals surface area (Å²) in [7, 11) is -0.440. The molecule has 0 saturated carbocycles. The van der Waals surface area contributed by atoms with Crippen LogP contribution in [0.1, 0.15) is 38.1 Å². The number of anilines is 2. The van der Waals surface area contributed by atoms with Crippen LogP contribution in [0.5, 0.6) is 0 Å². The van der Waals surface area contributed by atoms with E-state index in [-0.39, 0.29) is 17.9 Å². The van der Waals surface area contributed by atoms with E-state index in [1.54, 1.807) is 6.20 Å². The molecule has 4 N–H and O–H groups in total. The standard InChI is InChI=1S/C18H25N6O2PS2/c1-10(2)8-12(9-25)20-15-14-16(23-18(29-14)24-27-26)22-17(21-15)28-11(3)13-6-4-5-7-19-13/h4-7,10-12,25-27H,8-9H2,1-3H3,(H2,20,21,22,23,24). The topological polar surface area (TPSA) is 116 Å².